The Morgan fingerprint density at radius 1 is 1.20 bits per heavy atom. The van der Waals surface area contributed by atoms with Crippen LogP contribution in [0, 0.1) is 5.82 Å². The van der Waals surface area contributed by atoms with Gasteiger partial charge in [0.05, 0.1) is 17.6 Å². The van der Waals surface area contributed by atoms with E-state index in [1.165, 1.54) is 6.07 Å². The predicted molar refractivity (Wildman–Crippen MR) is 94.0 cm³/mol. The zero-order valence-electron chi connectivity index (χ0n) is 13.5. The maximum atomic E-state index is 14.2. The fraction of sp³-hybridized carbons (Fsp3) is 0.278. The molecular weight excluding hydrogens is 345 g/mol. The minimum atomic E-state index is -0.342. The highest BCUT2D eigenvalue weighted by atomic mass is 35.5. The number of nitrogens with zero attached hydrogens (tertiary/aromatic N) is 2. The first-order valence-electron chi connectivity index (χ1n) is 8.09. The summed E-state index contributed by atoms with van der Waals surface area (Å²) in [7, 11) is 0. The predicted octanol–water partition coefficient (Wildman–Crippen LogP) is 3.15. The van der Waals surface area contributed by atoms with E-state index in [2.05, 4.69) is 4.98 Å². The molecule has 0 bridgehead atoms. The molecule has 0 saturated heterocycles. The molecular formula is C18H17ClFN3O2. The standard InChI is InChI=1S/C18H17ClFN3O2/c19-12-2-1-3-13(20)11(12)10-23-15-9-17-16(24-6-7-25-17)8-14(15)22-18(23)4-5-21/h1-3,8-9H,4-7,10,21H2. The van der Waals surface area contributed by atoms with Gasteiger partial charge in [-0.1, -0.05) is 17.7 Å². The van der Waals surface area contributed by atoms with E-state index in [1.54, 1.807) is 12.1 Å². The fourth-order valence-corrected chi connectivity index (χ4v) is 3.27. The van der Waals surface area contributed by atoms with Crippen molar-refractivity contribution < 1.29 is 13.9 Å². The average molecular weight is 362 g/mol. The Hall–Kier alpha value is -2.31. The van der Waals surface area contributed by atoms with E-state index >= 15 is 0 Å². The molecule has 0 atom stereocenters. The van der Waals surface area contributed by atoms with Crippen LogP contribution < -0.4 is 15.2 Å². The summed E-state index contributed by atoms with van der Waals surface area (Å²) < 4.78 is 27.5. The molecule has 2 aromatic carbocycles. The summed E-state index contributed by atoms with van der Waals surface area (Å²) >= 11 is 6.20. The SMILES string of the molecule is NCCc1nc2cc3c(cc2n1Cc1c(F)cccc1Cl)OCCO3. The van der Waals surface area contributed by atoms with Crippen LogP contribution in [0.2, 0.25) is 5.02 Å². The van der Waals surface area contributed by atoms with Crippen molar-refractivity contribution in [2.24, 2.45) is 5.73 Å². The molecule has 0 unspecified atom stereocenters. The molecule has 2 N–H and O–H groups in total. The Kier molecular flexibility index (Phi) is 4.23. The Labute approximate surface area is 149 Å². The van der Waals surface area contributed by atoms with Crippen LogP contribution >= 0.6 is 11.6 Å². The molecule has 5 nitrogen and oxygen atoms in total. The first-order chi connectivity index (χ1) is 12.2. The third-order valence-corrected chi connectivity index (χ3v) is 4.59. The minimum absolute atomic E-state index is 0.275. The van der Waals surface area contributed by atoms with E-state index in [9.17, 15) is 4.39 Å². The van der Waals surface area contributed by atoms with E-state index in [0.717, 1.165) is 16.9 Å². The van der Waals surface area contributed by atoms with Crippen LogP contribution in [0.5, 0.6) is 11.5 Å². The number of hydrogen-bond acceptors (Lipinski definition) is 4. The first kappa shape index (κ1) is 16.2. The summed E-state index contributed by atoms with van der Waals surface area (Å²) in [6.45, 7) is 1.74. The highest BCUT2D eigenvalue weighted by Crippen LogP contribution is 2.35. The molecule has 0 saturated carbocycles. The monoisotopic (exact) mass is 361 g/mol. The van der Waals surface area contributed by atoms with Crippen molar-refractivity contribution in [2.45, 2.75) is 13.0 Å². The van der Waals surface area contributed by atoms with Gasteiger partial charge in [0.15, 0.2) is 11.5 Å². The van der Waals surface area contributed by atoms with Crippen molar-refractivity contribution in [1.82, 2.24) is 9.55 Å². The van der Waals surface area contributed by atoms with Gasteiger partial charge in [0.25, 0.3) is 0 Å². The smallest absolute Gasteiger partial charge is 0.163 e. The quantitative estimate of drug-likeness (QED) is 0.775. The number of fused-ring (bicyclic) bond motifs is 2. The van der Waals surface area contributed by atoms with Crippen molar-refractivity contribution in [3.05, 3.63) is 52.6 Å². The highest BCUT2D eigenvalue weighted by molar-refractivity contribution is 6.31. The Morgan fingerprint density at radius 2 is 1.96 bits per heavy atom. The summed E-state index contributed by atoms with van der Waals surface area (Å²) in [4.78, 5) is 4.65. The molecule has 0 spiro atoms. The molecule has 0 aliphatic carbocycles. The maximum Gasteiger partial charge on any atom is 0.163 e. The van der Waals surface area contributed by atoms with Gasteiger partial charge in [0.1, 0.15) is 24.9 Å². The summed E-state index contributed by atoms with van der Waals surface area (Å²) in [6, 6.07) is 8.41. The molecule has 2 heterocycles. The molecule has 130 valence electrons. The van der Waals surface area contributed by atoms with Gasteiger partial charge in [0, 0.05) is 29.1 Å². The molecule has 1 aliphatic rings. The van der Waals surface area contributed by atoms with Crippen molar-refractivity contribution in [2.75, 3.05) is 19.8 Å². The largest absolute Gasteiger partial charge is 0.486 e. The molecule has 0 radical (unpaired) electrons. The maximum absolute atomic E-state index is 14.2. The van der Waals surface area contributed by atoms with E-state index in [1.807, 2.05) is 16.7 Å². The number of nitrogens with two attached hydrogens (primary N) is 1. The number of ether oxygens (including phenoxy) is 2. The van der Waals surface area contributed by atoms with Crippen molar-refractivity contribution in [3.8, 4) is 11.5 Å². The van der Waals surface area contributed by atoms with E-state index in [-0.39, 0.29) is 12.4 Å². The number of aromatic nitrogens is 2. The van der Waals surface area contributed by atoms with Crippen LogP contribution in [0.1, 0.15) is 11.4 Å². The normalized spacial score (nSPS) is 13.4. The third kappa shape index (κ3) is 2.92. The van der Waals surface area contributed by atoms with Crippen molar-refractivity contribution >= 4 is 22.6 Å². The molecule has 1 aromatic heterocycles. The summed E-state index contributed by atoms with van der Waals surface area (Å²) in [5, 5.41) is 0.387. The molecule has 7 heteroatoms. The summed E-state index contributed by atoms with van der Waals surface area (Å²) in [5.74, 6) is 1.77. The second-order valence-corrected chi connectivity index (χ2v) is 6.24. The topological polar surface area (TPSA) is 62.3 Å². The number of hydrogen-bond donors (Lipinski definition) is 1. The van der Waals surface area contributed by atoms with E-state index in [0.29, 0.717) is 48.3 Å². The van der Waals surface area contributed by atoms with Gasteiger partial charge >= 0.3 is 0 Å². The van der Waals surface area contributed by atoms with Gasteiger partial charge in [-0.25, -0.2) is 9.37 Å². The van der Waals surface area contributed by atoms with Crippen molar-refractivity contribution in [3.63, 3.8) is 0 Å². The van der Waals surface area contributed by atoms with Gasteiger partial charge in [-0.15, -0.1) is 0 Å². The zero-order valence-corrected chi connectivity index (χ0v) is 14.2. The molecule has 0 amide bonds. The molecule has 25 heavy (non-hydrogen) atoms. The lowest BCUT2D eigenvalue weighted by Crippen LogP contribution is -2.15. The molecule has 0 fully saturated rings. The van der Waals surface area contributed by atoms with Crippen LogP contribution in [0.4, 0.5) is 4.39 Å². The molecule has 1 aliphatic heterocycles. The highest BCUT2D eigenvalue weighted by Gasteiger charge is 2.19. The number of halogens is 2. The third-order valence-electron chi connectivity index (χ3n) is 4.24. The summed E-state index contributed by atoms with van der Waals surface area (Å²) in [5.41, 5.74) is 7.76. The van der Waals surface area contributed by atoms with Gasteiger partial charge in [-0.3, -0.25) is 0 Å². The van der Waals surface area contributed by atoms with E-state index in [4.69, 9.17) is 26.8 Å². The minimum Gasteiger partial charge on any atom is -0.486 e. The Bertz CT molecular complexity index is 921. The van der Waals surface area contributed by atoms with E-state index < -0.39 is 0 Å². The average Bonchev–Trinajstić information content (AvgIpc) is 2.93. The second-order valence-electron chi connectivity index (χ2n) is 5.84. The lowest BCUT2D eigenvalue weighted by molar-refractivity contribution is 0.172. The van der Waals surface area contributed by atoms with Gasteiger partial charge in [-0.2, -0.15) is 0 Å². The number of imidazole rings is 1. The van der Waals surface area contributed by atoms with Crippen LogP contribution in [0.3, 0.4) is 0 Å². The summed E-state index contributed by atoms with van der Waals surface area (Å²) in [6.07, 6.45) is 0.577. The number of rotatable bonds is 4. The lowest BCUT2D eigenvalue weighted by atomic mass is 10.2. The zero-order chi connectivity index (χ0) is 17.4. The van der Waals surface area contributed by atoms with Crippen LogP contribution in [-0.2, 0) is 13.0 Å². The van der Waals surface area contributed by atoms with Gasteiger partial charge in [0.2, 0.25) is 0 Å². The molecule has 4 rings (SSSR count). The van der Waals surface area contributed by atoms with Crippen LogP contribution in [-0.4, -0.2) is 29.3 Å². The number of benzene rings is 2. The molecule has 3 aromatic rings. The first-order valence-corrected chi connectivity index (χ1v) is 8.47. The van der Waals surface area contributed by atoms with Gasteiger partial charge in [-0.05, 0) is 18.7 Å². The fourth-order valence-electron chi connectivity index (χ4n) is 3.05. The second kappa shape index (κ2) is 6.54. The van der Waals surface area contributed by atoms with Gasteiger partial charge < -0.3 is 19.8 Å². The van der Waals surface area contributed by atoms with Crippen molar-refractivity contribution in [1.29, 1.82) is 0 Å². The Balaban J connectivity index is 1.86. The van der Waals surface area contributed by atoms with Crippen LogP contribution in [0.15, 0.2) is 30.3 Å². The lowest BCUT2D eigenvalue weighted by Gasteiger charge is -2.18. The Morgan fingerprint density at radius 3 is 2.68 bits per heavy atom. The van der Waals surface area contributed by atoms with Crippen LogP contribution in [0.25, 0.3) is 11.0 Å².